The van der Waals surface area contributed by atoms with E-state index in [-0.39, 0.29) is 10.6 Å². The largest absolute Gasteiger partial charge is 0.490 e. The van der Waals surface area contributed by atoms with E-state index in [1.165, 1.54) is 7.11 Å². The molecule has 1 heterocycles. The van der Waals surface area contributed by atoms with Gasteiger partial charge >= 0.3 is 5.69 Å². The van der Waals surface area contributed by atoms with Gasteiger partial charge in [-0.25, -0.2) is 0 Å². The number of anilines is 1. The van der Waals surface area contributed by atoms with Gasteiger partial charge in [0.15, 0.2) is 5.75 Å². The average Bonchev–Trinajstić information content (AvgIpc) is 2.90. The first kappa shape index (κ1) is 15.9. The summed E-state index contributed by atoms with van der Waals surface area (Å²) >= 11 is 1.81. The number of likely N-dealkylation sites (N-methyl/N-ethyl adjacent to an activating group) is 1. The SMILES string of the molecule is COc1cccc(N2C[C@H](SC)[C@@H](N(C)C)C2)c1[N+](=O)[O-]. The normalized spacial score (nSPS) is 21.9. The first-order chi connectivity index (χ1) is 9.99. The number of benzene rings is 1. The maximum absolute atomic E-state index is 11.4. The van der Waals surface area contributed by atoms with Gasteiger partial charge in [-0.3, -0.25) is 10.1 Å². The van der Waals surface area contributed by atoms with Gasteiger partial charge in [-0.1, -0.05) is 6.07 Å². The van der Waals surface area contributed by atoms with Crippen LogP contribution in [0.15, 0.2) is 18.2 Å². The van der Waals surface area contributed by atoms with Gasteiger partial charge in [-0.15, -0.1) is 0 Å². The van der Waals surface area contributed by atoms with Crippen molar-refractivity contribution in [2.45, 2.75) is 11.3 Å². The van der Waals surface area contributed by atoms with E-state index in [4.69, 9.17) is 4.74 Å². The lowest BCUT2D eigenvalue weighted by Crippen LogP contribution is -2.36. The first-order valence-electron chi connectivity index (χ1n) is 6.75. The molecule has 0 aromatic heterocycles. The molecule has 2 rings (SSSR count). The van der Waals surface area contributed by atoms with Crippen LogP contribution < -0.4 is 9.64 Å². The van der Waals surface area contributed by atoms with Gasteiger partial charge in [0.1, 0.15) is 5.69 Å². The third kappa shape index (κ3) is 3.08. The Kier molecular flexibility index (Phi) is 4.95. The number of ether oxygens (including phenoxy) is 1. The molecule has 0 bridgehead atoms. The Bertz CT molecular complexity index is 524. The highest BCUT2D eigenvalue weighted by molar-refractivity contribution is 7.99. The monoisotopic (exact) mass is 311 g/mol. The van der Waals surface area contributed by atoms with E-state index in [2.05, 4.69) is 30.2 Å². The van der Waals surface area contributed by atoms with Crippen molar-refractivity contribution in [2.75, 3.05) is 45.5 Å². The number of hydrogen-bond acceptors (Lipinski definition) is 6. The van der Waals surface area contributed by atoms with Crippen LogP contribution in [0.2, 0.25) is 0 Å². The molecular weight excluding hydrogens is 290 g/mol. The molecule has 0 N–H and O–H groups in total. The molecule has 2 atom stereocenters. The predicted octanol–water partition coefficient (Wildman–Crippen LogP) is 2.09. The van der Waals surface area contributed by atoms with Gasteiger partial charge in [0.05, 0.1) is 12.0 Å². The third-order valence-electron chi connectivity index (χ3n) is 3.92. The molecule has 0 unspecified atom stereocenters. The van der Waals surface area contributed by atoms with Gasteiger partial charge in [0.2, 0.25) is 0 Å². The molecule has 6 nitrogen and oxygen atoms in total. The Morgan fingerprint density at radius 1 is 1.43 bits per heavy atom. The molecule has 0 radical (unpaired) electrons. The van der Waals surface area contributed by atoms with Crippen molar-refractivity contribution in [2.24, 2.45) is 0 Å². The summed E-state index contributed by atoms with van der Waals surface area (Å²) in [7, 11) is 5.57. The molecule has 116 valence electrons. The number of rotatable bonds is 5. The molecule has 0 spiro atoms. The van der Waals surface area contributed by atoms with Crippen LogP contribution in [0, 0.1) is 10.1 Å². The average molecular weight is 311 g/mol. The van der Waals surface area contributed by atoms with E-state index in [9.17, 15) is 10.1 Å². The number of methoxy groups -OCH3 is 1. The second kappa shape index (κ2) is 6.53. The van der Waals surface area contributed by atoms with E-state index in [1.807, 2.05) is 11.8 Å². The van der Waals surface area contributed by atoms with Gasteiger partial charge in [-0.2, -0.15) is 11.8 Å². The summed E-state index contributed by atoms with van der Waals surface area (Å²) in [5.41, 5.74) is 0.696. The van der Waals surface area contributed by atoms with Crippen LogP contribution in [0.3, 0.4) is 0 Å². The Labute approximate surface area is 129 Å². The van der Waals surface area contributed by atoms with Crippen LogP contribution in [0.1, 0.15) is 0 Å². The first-order valence-corrected chi connectivity index (χ1v) is 8.04. The van der Waals surface area contributed by atoms with Gasteiger partial charge in [0.25, 0.3) is 0 Å². The van der Waals surface area contributed by atoms with Crippen molar-refractivity contribution in [3.8, 4) is 5.75 Å². The van der Waals surface area contributed by atoms with E-state index in [0.29, 0.717) is 22.7 Å². The van der Waals surface area contributed by atoms with Gasteiger partial charge < -0.3 is 14.5 Å². The fourth-order valence-electron chi connectivity index (χ4n) is 2.80. The van der Waals surface area contributed by atoms with Crippen LogP contribution in [0.25, 0.3) is 0 Å². The summed E-state index contributed by atoms with van der Waals surface area (Å²) in [5, 5.41) is 11.8. The second-order valence-electron chi connectivity index (χ2n) is 5.30. The second-order valence-corrected chi connectivity index (χ2v) is 6.37. The summed E-state index contributed by atoms with van der Waals surface area (Å²) in [4.78, 5) is 15.3. The Balaban J connectivity index is 2.37. The molecule has 1 aromatic carbocycles. The summed E-state index contributed by atoms with van der Waals surface area (Å²) in [5.74, 6) is 0.312. The Hall–Kier alpha value is -1.47. The zero-order chi connectivity index (χ0) is 15.6. The summed E-state index contributed by atoms with van der Waals surface area (Å²) in [6.45, 7) is 1.59. The maximum atomic E-state index is 11.4. The molecule has 21 heavy (non-hydrogen) atoms. The van der Waals surface area contributed by atoms with Crippen LogP contribution in [-0.2, 0) is 0 Å². The van der Waals surface area contributed by atoms with Crippen molar-refractivity contribution in [1.82, 2.24) is 4.90 Å². The highest BCUT2D eigenvalue weighted by atomic mass is 32.2. The Morgan fingerprint density at radius 2 is 2.14 bits per heavy atom. The minimum absolute atomic E-state index is 0.0549. The van der Waals surface area contributed by atoms with Gasteiger partial charge in [-0.05, 0) is 32.5 Å². The number of nitrogens with zero attached hydrogens (tertiary/aromatic N) is 3. The Morgan fingerprint density at radius 3 is 2.62 bits per heavy atom. The molecule has 1 aromatic rings. The van der Waals surface area contributed by atoms with E-state index in [0.717, 1.165) is 13.1 Å². The van der Waals surface area contributed by atoms with Gasteiger partial charge in [0, 0.05) is 24.4 Å². The summed E-state index contributed by atoms with van der Waals surface area (Å²) in [6, 6.07) is 5.62. The molecule has 0 saturated carbocycles. The zero-order valence-corrected chi connectivity index (χ0v) is 13.6. The molecule has 0 amide bonds. The number of hydrogen-bond donors (Lipinski definition) is 0. The van der Waals surface area contributed by atoms with Crippen LogP contribution in [-0.4, -0.2) is 61.7 Å². The number of nitro groups is 1. The van der Waals surface area contributed by atoms with E-state index in [1.54, 1.807) is 18.2 Å². The van der Waals surface area contributed by atoms with E-state index >= 15 is 0 Å². The standard InChI is InChI=1S/C14H21N3O3S/c1-15(2)11-8-16(9-13(11)21-4)10-6-5-7-12(20-3)14(10)17(18)19/h5-7,11,13H,8-9H2,1-4H3/t11-,13-/m0/s1. The fourth-order valence-corrected chi connectivity index (χ4v) is 3.77. The van der Waals surface area contributed by atoms with Crippen LogP contribution >= 0.6 is 11.8 Å². The number of nitro benzene ring substituents is 1. The molecule has 0 aliphatic carbocycles. The van der Waals surface area contributed by atoms with Crippen LogP contribution in [0.5, 0.6) is 5.75 Å². The molecule has 7 heteroatoms. The fraction of sp³-hybridized carbons (Fsp3) is 0.571. The summed E-state index contributed by atoms with van der Waals surface area (Å²) < 4.78 is 5.15. The zero-order valence-electron chi connectivity index (χ0n) is 12.8. The number of thioether (sulfide) groups is 1. The highest BCUT2D eigenvalue weighted by Gasteiger charge is 2.37. The lowest BCUT2D eigenvalue weighted by Gasteiger charge is -2.23. The van der Waals surface area contributed by atoms with Crippen molar-refractivity contribution in [1.29, 1.82) is 0 Å². The topological polar surface area (TPSA) is 58.8 Å². The molecule has 1 saturated heterocycles. The molecule has 1 fully saturated rings. The minimum atomic E-state index is -0.356. The molecular formula is C14H21N3O3S. The molecule has 1 aliphatic heterocycles. The van der Waals surface area contributed by atoms with Crippen molar-refractivity contribution in [3.63, 3.8) is 0 Å². The molecule has 1 aliphatic rings. The lowest BCUT2D eigenvalue weighted by atomic mass is 10.2. The summed E-state index contributed by atoms with van der Waals surface area (Å²) in [6.07, 6.45) is 2.09. The lowest BCUT2D eigenvalue weighted by molar-refractivity contribution is -0.385. The van der Waals surface area contributed by atoms with E-state index < -0.39 is 0 Å². The quantitative estimate of drug-likeness (QED) is 0.613. The minimum Gasteiger partial charge on any atom is -0.490 e. The van der Waals surface area contributed by atoms with Crippen molar-refractivity contribution < 1.29 is 9.66 Å². The van der Waals surface area contributed by atoms with Crippen molar-refractivity contribution >= 4 is 23.1 Å². The highest BCUT2D eigenvalue weighted by Crippen LogP contribution is 2.39. The smallest absolute Gasteiger partial charge is 0.333 e. The maximum Gasteiger partial charge on any atom is 0.333 e. The van der Waals surface area contributed by atoms with Crippen LogP contribution in [0.4, 0.5) is 11.4 Å². The number of para-hydroxylation sites is 1. The van der Waals surface area contributed by atoms with Crippen molar-refractivity contribution in [3.05, 3.63) is 28.3 Å². The third-order valence-corrected chi connectivity index (χ3v) is 4.99. The predicted molar refractivity (Wildman–Crippen MR) is 86.6 cm³/mol.